The van der Waals surface area contributed by atoms with Crippen LogP contribution >= 0.6 is 0 Å². The average Bonchev–Trinajstić information content (AvgIpc) is 2.70. The highest BCUT2D eigenvalue weighted by atomic mass is 16.2. The highest BCUT2D eigenvalue weighted by molar-refractivity contribution is 5.76. The molecule has 1 aliphatic rings. The van der Waals surface area contributed by atoms with Gasteiger partial charge in [-0.05, 0) is 68.2 Å². The Labute approximate surface area is 164 Å². The highest BCUT2D eigenvalue weighted by Gasteiger charge is 2.28. The Bertz CT molecular complexity index is 642. The van der Waals surface area contributed by atoms with Crippen molar-refractivity contribution in [2.75, 3.05) is 20.7 Å². The number of nitrogens with zero attached hydrogens (tertiary/aromatic N) is 1. The largest absolute Gasteiger partial charge is 0.396 e. The molecule has 1 fully saturated rings. The second-order valence-electron chi connectivity index (χ2n) is 7.60. The van der Waals surface area contributed by atoms with Gasteiger partial charge >= 0.3 is 0 Å². The first kappa shape index (κ1) is 21.5. The van der Waals surface area contributed by atoms with Crippen molar-refractivity contribution in [2.24, 2.45) is 0 Å². The molecule has 0 spiro atoms. The summed E-state index contributed by atoms with van der Waals surface area (Å²) in [5, 5.41) is 12.4. The Morgan fingerprint density at radius 2 is 2.07 bits per heavy atom. The van der Waals surface area contributed by atoms with E-state index in [4.69, 9.17) is 11.5 Å². The van der Waals surface area contributed by atoms with Gasteiger partial charge in [-0.1, -0.05) is 18.2 Å². The molecule has 4 heteroatoms. The van der Waals surface area contributed by atoms with Crippen LogP contribution in [0.15, 0.2) is 18.2 Å². The van der Waals surface area contributed by atoms with Crippen molar-refractivity contribution in [3.05, 3.63) is 34.9 Å². The third-order valence-corrected chi connectivity index (χ3v) is 5.76. The molecule has 2 rings (SSSR count). The number of aliphatic hydroxyl groups is 1. The van der Waals surface area contributed by atoms with Crippen LogP contribution in [0.2, 0.25) is 0 Å². The molecule has 27 heavy (non-hydrogen) atoms. The number of benzene rings is 1. The summed E-state index contributed by atoms with van der Waals surface area (Å²) in [6.45, 7) is 1.10. The van der Waals surface area contributed by atoms with E-state index in [0.717, 1.165) is 45.1 Å². The normalized spacial score (nSPS) is 19.5. The van der Waals surface area contributed by atoms with E-state index in [1.807, 2.05) is 19.0 Å². The van der Waals surface area contributed by atoms with Crippen LogP contribution in [0.1, 0.15) is 67.6 Å². The Morgan fingerprint density at radius 1 is 1.33 bits per heavy atom. The molecule has 1 aromatic carbocycles. The molecule has 148 valence electrons. The molecule has 0 radical (unpaired) electrons. The molecule has 2 N–H and O–H groups in total. The molecule has 1 saturated carbocycles. The second kappa shape index (κ2) is 11.1. The number of rotatable bonds is 9. The maximum atomic E-state index is 12.2. The lowest BCUT2D eigenvalue weighted by atomic mass is 9.79. The molecule has 4 nitrogen and oxygen atoms in total. The maximum absolute atomic E-state index is 12.2. The van der Waals surface area contributed by atoms with Crippen molar-refractivity contribution in [1.82, 2.24) is 10.2 Å². The van der Waals surface area contributed by atoms with Crippen LogP contribution in [0.25, 0.3) is 0 Å². The molecule has 0 heterocycles. The molecule has 1 aromatic rings. The smallest absolute Gasteiger partial charge is 0.223 e. The molecule has 0 atom stereocenters. The van der Waals surface area contributed by atoms with Gasteiger partial charge in [0.15, 0.2) is 0 Å². The van der Waals surface area contributed by atoms with Gasteiger partial charge in [0.2, 0.25) is 5.91 Å². The van der Waals surface area contributed by atoms with Crippen LogP contribution in [0, 0.1) is 12.3 Å². The van der Waals surface area contributed by atoms with Crippen LogP contribution < -0.4 is 5.32 Å². The van der Waals surface area contributed by atoms with Crippen LogP contribution in [-0.2, 0) is 17.8 Å². The SMILES string of the molecule is C#CCCC(=O)N(C)[C@H]1CC[C@H](c2ccc(CCCO)cc2CNC)CC1. The van der Waals surface area contributed by atoms with Crippen molar-refractivity contribution < 1.29 is 9.90 Å². The van der Waals surface area contributed by atoms with Crippen LogP contribution in [-0.4, -0.2) is 42.7 Å². The first-order chi connectivity index (χ1) is 13.1. The van der Waals surface area contributed by atoms with Crippen molar-refractivity contribution in [1.29, 1.82) is 0 Å². The summed E-state index contributed by atoms with van der Waals surface area (Å²) in [4.78, 5) is 14.1. The Hall–Kier alpha value is -1.83. The summed E-state index contributed by atoms with van der Waals surface area (Å²) in [6.07, 6.45) is 12.3. The first-order valence-corrected chi connectivity index (χ1v) is 10.2. The highest BCUT2D eigenvalue weighted by Crippen LogP contribution is 2.36. The molecule has 0 bridgehead atoms. The fourth-order valence-electron chi connectivity index (χ4n) is 4.17. The fraction of sp³-hybridized carbons (Fsp3) is 0.609. The summed E-state index contributed by atoms with van der Waals surface area (Å²) in [6, 6.07) is 7.13. The van der Waals surface area contributed by atoms with Gasteiger partial charge in [0.25, 0.3) is 0 Å². The summed E-state index contributed by atoms with van der Waals surface area (Å²) in [5.41, 5.74) is 4.11. The quantitative estimate of drug-likeness (QED) is 0.656. The van der Waals surface area contributed by atoms with Gasteiger partial charge in [0.1, 0.15) is 0 Å². The number of carbonyl (C=O) groups is 1. The Balaban J connectivity index is 2.00. The van der Waals surface area contributed by atoms with E-state index in [0.29, 0.717) is 24.8 Å². The minimum Gasteiger partial charge on any atom is -0.396 e. The van der Waals surface area contributed by atoms with E-state index in [-0.39, 0.29) is 12.5 Å². The minimum atomic E-state index is 0.167. The monoisotopic (exact) mass is 370 g/mol. The molecular formula is C23H34N2O2. The van der Waals surface area contributed by atoms with Gasteiger partial charge in [0, 0.05) is 39.1 Å². The topological polar surface area (TPSA) is 52.6 Å². The van der Waals surface area contributed by atoms with E-state index >= 15 is 0 Å². The second-order valence-corrected chi connectivity index (χ2v) is 7.60. The van der Waals surface area contributed by atoms with Crippen LogP contribution in [0.5, 0.6) is 0 Å². The molecule has 1 aliphatic carbocycles. The summed E-state index contributed by atoms with van der Waals surface area (Å²) < 4.78 is 0. The van der Waals surface area contributed by atoms with Gasteiger partial charge in [-0.3, -0.25) is 4.79 Å². The van der Waals surface area contributed by atoms with Gasteiger partial charge in [0.05, 0.1) is 0 Å². The van der Waals surface area contributed by atoms with Gasteiger partial charge in [-0.25, -0.2) is 0 Å². The zero-order chi connectivity index (χ0) is 19.6. The zero-order valence-electron chi connectivity index (χ0n) is 16.8. The van der Waals surface area contributed by atoms with Crippen molar-refractivity contribution in [3.8, 4) is 12.3 Å². The summed E-state index contributed by atoms with van der Waals surface area (Å²) >= 11 is 0. The van der Waals surface area contributed by atoms with Gasteiger partial charge in [-0.2, -0.15) is 0 Å². The van der Waals surface area contributed by atoms with E-state index in [9.17, 15) is 4.79 Å². The molecule has 0 unspecified atom stereocenters. The van der Waals surface area contributed by atoms with Crippen molar-refractivity contribution >= 4 is 5.91 Å². The number of hydrogen-bond acceptors (Lipinski definition) is 3. The predicted molar refractivity (Wildman–Crippen MR) is 110 cm³/mol. The van der Waals surface area contributed by atoms with E-state index in [1.165, 1.54) is 16.7 Å². The Morgan fingerprint density at radius 3 is 2.70 bits per heavy atom. The summed E-state index contributed by atoms with van der Waals surface area (Å²) in [7, 11) is 3.91. The fourth-order valence-corrected chi connectivity index (χ4v) is 4.17. The maximum Gasteiger partial charge on any atom is 0.223 e. The number of hydrogen-bond donors (Lipinski definition) is 2. The van der Waals surface area contributed by atoms with Crippen LogP contribution in [0.3, 0.4) is 0 Å². The number of aryl methyl sites for hydroxylation is 1. The Kier molecular flexibility index (Phi) is 8.84. The van der Waals surface area contributed by atoms with Gasteiger partial charge in [-0.15, -0.1) is 12.3 Å². The minimum absolute atomic E-state index is 0.167. The third kappa shape index (κ3) is 6.09. The lowest BCUT2D eigenvalue weighted by Crippen LogP contribution is -2.39. The standard InChI is InChI=1S/C23H34N2O2/c1-4-5-8-23(27)25(3)21-12-10-19(11-13-21)22-14-9-18(7-6-15-26)16-20(22)17-24-2/h1,9,14,16,19,21,24,26H,5-8,10-13,15,17H2,2-3H3/t19-,21-. The molecule has 1 amide bonds. The summed E-state index contributed by atoms with van der Waals surface area (Å²) in [5.74, 6) is 3.28. The average molecular weight is 371 g/mol. The van der Waals surface area contributed by atoms with Crippen molar-refractivity contribution in [2.45, 2.75) is 69.9 Å². The molecule has 0 aliphatic heterocycles. The lowest BCUT2D eigenvalue weighted by Gasteiger charge is -2.35. The predicted octanol–water partition coefficient (Wildman–Crippen LogP) is 3.23. The number of amides is 1. The number of aliphatic hydroxyl groups excluding tert-OH is 1. The van der Waals surface area contributed by atoms with E-state index < -0.39 is 0 Å². The molecule has 0 aromatic heterocycles. The van der Waals surface area contributed by atoms with Crippen LogP contribution in [0.4, 0.5) is 0 Å². The van der Waals surface area contributed by atoms with E-state index in [2.05, 4.69) is 29.4 Å². The third-order valence-electron chi connectivity index (χ3n) is 5.76. The molecular weight excluding hydrogens is 336 g/mol. The van der Waals surface area contributed by atoms with Crippen molar-refractivity contribution in [3.63, 3.8) is 0 Å². The molecule has 0 saturated heterocycles. The number of nitrogens with one attached hydrogen (secondary N) is 1. The van der Waals surface area contributed by atoms with Gasteiger partial charge < -0.3 is 15.3 Å². The first-order valence-electron chi connectivity index (χ1n) is 10.2. The number of carbonyl (C=O) groups excluding carboxylic acids is 1. The number of terminal acetylenes is 1. The zero-order valence-corrected chi connectivity index (χ0v) is 16.8. The lowest BCUT2D eigenvalue weighted by molar-refractivity contribution is -0.132. The van der Waals surface area contributed by atoms with E-state index in [1.54, 1.807) is 0 Å².